The molecule has 2 heterocycles. The van der Waals surface area contributed by atoms with Gasteiger partial charge < -0.3 is 15.5 Å². The minimum absolute atomic E-state index is 0.105. The summed E-state index contributed by atoms with van der Waals surface area (Å²) in [6, 6.07) is 6.94. The van der Waals surface area contributed by atoms with E-state index in [2.05, 4.69) is 28.8 Å². The number of carbonyl (C=O) groups excluding carboxylic acids is 1. The number of ether oxygens (including phenoxy) is 1. The van der Waals surface area contributed by atoms with Gasteiger partial charge in [-0.2, -0.15) is 0 Å². The highest BCUT2D eigenvalue weighted by Gasteiger charge is 2.18. The lowest BCUT2D eigenvalue weighted by molar-refractivity contribution is 0.0136. The van der Waals surface area contributed by atoms with Crippen molar-refractivity contribution >= 4 is 16.8 Å². The number of pyridine rings is 1. The molecule has 1 amide bonds. The van der Waals surface area contributed by atoms with Crippen LogP contribution in [0.2, 0.25) is 0 Å². The van der Waals surface area contributed by atoms with Gasteiger partial charge in [-0.25, -0.2) is 0 Å². The SMILES string of the molecule is CC(CN(C)Cc1cc(=O)c2cc(C(N)=O)ccc2[nH]1)N1CCOCC1. The largest absolute Gasteiger partial charge is 0.379 e. The molecule has 3 rings (SSSR count). The van der Waals surface area contributed by atoms with Gasteiger partial charge in [0, 0.05) is 60.4 Å². The van der Waals surface area contributed by atoms with Gasteiger partial charge in [0.05, 0.1) is 13.2 Å². The number of aromatic nitrogens is 1. The monoisotopic (exact) mass is 358 g/mol. The first-order valence-electron chi connectivity index (χ1n) is 8.90. The highest BCUT2D eigenvalue weighted by atomic mass is 16.5. The summed E-state index contributed by atoms with van der Waals surface area (Å²) in [4.78, 5) is 31.6. The standard InChI is InChI=1S/C19H26N4O3/c1-13(23-5-7-26-8-6-23)11-22(2)12-15-10-18(24)16-9-14(19(20)25)3-4-17(16)21-15/h3-4,9-10,13H,5-8,11-12H2,1-2H3,(H2,20,25)(H,21,24). The maximum atomic E-state index is 12.4. The Morgan fingerprint density at radius 3 is 2.77 bits per heavy atom. The van der Waals surface area contributed by atoms with Gasteiger partial charge >= 0.3 is 0 Å². The van der Waals surface area contributed by atoms with Crippen LogP contribution < -0.4 is 11.2 Å². The van der Waals surface area contributed by atoms with E-state index in [-0.39, 0.29) is 5.43 Å². The van der Waals surface area contributed by atoms with Gasteiger partial charge in [-0.15, -0.1) is 0 Å². The van der Waals surface area contributed by atoms with Gasteiger partial charge in [-0.05, 0) is 32.2 Å². The number of primary amides is 1. The summed E-state index contributed by atoms with van der Waals surface area (Å²) in [6.45, 7) is 7.28. The Morgan fingerprint density at radius 1 is 1.35 bits per heavy atom. The number of hydrogen-bond donors (Lipinski definition) is 2. The first-order chi connectivity index (χ1) is 12.4. The maximum Gasteiger partial charge on any atom is 0.248 e. The molecule has 26 heavy (non-hydrogen) atoms. The molecule has 1 aromatic carbocycles. The predicted octanol–water partition coefficient (Wildman–Crippen LogP) is 0.780. The van der Waals surface area contributed by atoms with Gasteiger partial charge in [-0.1, -0.05) is 0 Å². The number of H-pyrrole nitrogens is 1. The molecule has 0 saturated carbocycles. The number of fused-ring (bicyclic) bond motifs is 1. The van der Waals surface area contributed by atoms with Crippen molar-refractivity contribution < 1.29 is 9.53 Å². The highest BCUT2D eigenvalue weighted by Crippen LogP contribution is 2.13. The fourth-order valence-electron chi connectivity index (χ4n) is 3.48. The van der Waals surface area contributed by atoms with Crippen LogP contribution in [0.25, 0.3) is 10.9 Å². The smallest absolute Gasteiger partial charge is 0.248 e. The van der Waals surface area contributed by atoms with Crippen LogP contribution >= 0.6 is 0 Å². The van der Waals surface area contributed by atoms with E-state index in [1.54, 1.807) is 24.3 Å². The lowest BCUT2D eigenvalue weighted by Gasteiger charge is -2.34. The van der Waals surface area contributed by atoms with Gasteiger partial charge in [0.1, 0.15) is 0 Å². The number of hydrogen-bond acceptors (Lipinski definition) is 5. The van der Waals surface area contributed by atoms with E-state index in [1.165, 1.54) is 0 Å². The number of nitrogens with one attached hydrogen (secondary N) is 1. The van der Waals surface area contributed by atoms with E-state index >= 15 is 0 Å². The molecule has 1 aliphatic heterocycles. The Hall–Kier alpha value is -2.22. The zero-order valence-corrected chi connectivity index (χ0v) is 15.3. The summed E-state index contributed by atoms with van der Waals surface area (Å²) < 4.78 is 5.40. The first-order valence-corrected chi connectivity index (χ1v) is 8.90. The number of rotatable bonds is 6. The average molecular weight is 358 g/mol. The molecule has 0 radical (unpaired) electrons. The van der Waals surface area contributed by atoms with Crippen molar-refractivity contribution in [1.29, 1.82) is 0 Å². The molecule has 0 bridgehead atoms. The number of amides is 1. The van der Waals surface area contributed by atoms with Crippen LogP contribution in [0.3, 0.4) is 0 Å². The van der Waals surface area contributed by atoms with Crippen LogP contribution in [0.5, 0.6) is 0 Å². The average Bonchev–Trinajstić information content (AvgIpc) is 2.62. The van der Waals surface area contributed by atoms with Gasteiger partial charge in [-0.3, -0.25) is 19.4 Å². The fraction of sp³-hybridized carbons (Fsp3) is 0.474. The molecule has 7 nitrogen and oxygen atoms in total. The third-order valence-electron chi connectivity index (χ3n) is 4.86. The summed E-state index contributed by atoms with van der Waals surface area (Å²) in [7, 11) is 2.05. The Kier molecular flexibility index (Phi) is 5.70. The second-order valence-electron chi connectivity index (χ2n) is 6.98. The molecule has 1 aliphatic rings. The second-order valence-corrected chi connectivity index (χ2v) is 6.98. The molecule has 1 atom stereocenters. The predicted molar refractivity (Wildman–Crippen MR) is 101 cm³/mol. The van der Waals surface area contributed by atoms with Crippen molar-refractivity contribution in [1.82, 2.24) is 14.8 Å². The molecular weight excluding hydrogens is 332 g/mol. The van der Waals surface area contributed by atoms with E-state index in [1.807, 2.05) is 0 Å². The highest BCUT2D eigenvalue weighted by molar-refractivity contribution is 5.96. The molecule has 0 spiro atoms. The molecule has 1 aromatic heterocycles. The van der Waals surface area contributed by atoms with E-state index in [0.717, 1.165) is 38.5 Å². The van der Waals surface area contributed by atoms with E-state index in [0.29, 0.717) is 29.1 Å². The van der Waals surface area contributed by atoms with Crippen LogP contribution in [0, 0.1) is 0 Å². The molecule has 7 heteroatoms. The van der Waals surface area contributed by atoms with Crippen molar-refractivity contribution in [2.75, 3.05) is 39.9 Å². The third-order valence-corrected chi connectivity index (χ3v) is 4.86. The Labute approximate surface area is 152 Å². The molecule has 140 valence electrons. The van der Waals surface area contributed by atoms with Crippen LogP contribution in [0.4, 0.5) is 0 Å². The van der Waals surface area contributed by atoms with Crippen molar-refractivity contribution in [3.8, 4) is 0 Å². The summed E-state index contributed by atoms with van der Waals surface area (Å²) in [5.74, 6) is -0.535. The van der Waals surface area contributed by atoms with Gasteiger partial charge in [0.15, 0.2) is 5.43 Å². The summed E-state index contributed by atoms with van der Waals surface area (Å²) >= 11 is 0. The quantitative estimate of drug-likeness (QED) is 0.796. The van der Waals surface area contributed by atoms with Crippen LogP contribution in [-0.4, -0.2) is 66.6 Å². The summed E-state index contributed by atoms with van der Waals surface area (Å²) in [5, 5.41) is 0.481. The van der Waals surface area contributed by atoms with Crippen molar-refractivity contribution in [3.63, 3.8) is 0 Å². The number of carbonyl (C=O) groups is 1. The lowest BCUT2D eigenvalue weighted by atomic mass is 10.1. The number of nitrogens with two attached hydrogens (primary N) is 1. The van der Waals surface area contributed by atoms with Crippen molar-refractivity contribution in [3.05, 3.63) is 45.7 Å². The number of morpholine rings is 1. The first kappa shape index (κ1) is 18.6. The fourth-order valence-corrected chi connectivity index (χ4v) is 3.48. The van der Waals surface area contributed by atoms with Crippen LogP contribution in [0.15, 0.2) is 29.1 Å². The number of aromatic amines is 1. The van der Waals surface area contributed by atoms with E-state index in [9.17, 15) is 9.59 Å². The maximum absolute atomic E-state index is 12.4. The summed E-state index contributed by atoms with van der Waals surface area (Å²) in [6.07, 6.45) is 0. The molecular formula is C19H26N4O3. The molecule has 0 aliphatic carbocycles. The summed E-state index contributed by atoms with van der Waals surface area (Å²) in [5.41, 5.74) is 7.09. The van der Waals surface area contributed by atoms with E-state index in [4.69, 9.17) is 10.5 Å². The Balaban J connectivity index is 1.70. The van der Waals surface area contributed by atoms with Crippen molar-refractivity contribution in [2.24, 2.45) is 5.73 Å². The topological polar surface area (TPSA) is 91.7 Å². The third kappa shape index (κ3) is 4.30. The number of likely N-dealkylation sites (N-methyl/N-ethyl adjacent to an activating group) is 1. The number of nitrogens with zero attached hydrogens (tertiary/aromatic N) is 2. The zero-order chi connectivity index (χ0) is 18.7. The minimum Gasteiger partial charge on any atom is -0.379 e. The van der Waals surface area contributed by atoms with E-state index < -0.39 is 5.91 Å². The van der Waals surface area contributed by atoms with Gasteiger partial charge in [0.25, 0.3) is 0 Å². The minimum atomic E-state index is -0.535. The Morgan fingerprint density at radius 2 is 2.08 bits per heavy atom. The Bertz CT molecular complexity index is 842. The zero-order valence-electron chi connectivity index (χ0n) is 15.3. The normalized spacial score (nSPS) is 16.9. The van der Waals surface area contributed by atoms with Crippen LogP contribution in [-0.2, 0) is 11.3 Å². The van der Waals surface area contributed by atoms with Crippen molar-refractivity contribution in [2.45, 2.75) is 19.5 Å². The van der Waals surface area contributed by atoms with Crippen LogP contribution in [0.1, 0.15) is 23.0 Å². The molecule has 1 saturated heterocycles. The molecule has 1 fully saturated rings. The molecule has 3 N–H and O–H groups in total. The second kappa shape index (κ2) is 7.99. The number of benzene rings is 1. The molecule has 2 aromatic rings. The van der Waals surface area contributed by atoms with Gasteiger partial charge in [0.2, 0.25) is 5.91 Å². The molecule has 1 unspecified atom stereocenters. The lowest BCUT2D eigenvalue weighted by Crippen LogP contribution is -2.46.